The summed E-state index contributed by atoms with van der Waals surface area (Å²) in [5, 5.41) is 3.70. The van der Waals surface area contributed by atoms with Gasteiger partial charge in [-0.15, -0.1) is 0 Å². The maximum absolute atomic E-state index is 12.9. The number of carbonyl (C=O) groups is 2. The Morgan fingerprint density at radius 1 is 1.34 bits per heavy atom. The summed E-state index contributed by atoms with van der Waals surface area (Å²) in [5.74, 6) is -0.177. The van der Waals surface area contributed by atoms with E-state index in [0.717, 1.165) is 0 Å². The van der Waals surface area contributed by atoms with Crippen molar-refractivity contribution in [3.63, 3.8) is 0 Å². The van der Waals surface area contributed by atoms with E-state index in [9.17, 15) is 9.59 Å². The van der Waals surface area contributed by atoms with Gasteiger partial charge in [-0.25, -0.2) is 4.79 Å². The Morgan fingerprint density at radius 3 is 2.83 bits per heavy atom. The minimum Gasteiger partial charge on any atom is -0.432 e. The first-order chi connectivity index (χ1) is 13.9. The van der Waals surface area contributed by atoms with E-state index in [2.05, 4.69) is 5.32 Å². The largest absolute Gasteiger partial charge is 0.513 e. The zero-order valence-electron chi connectivity index (χ0n) is 16.3. The maximum atomic E-state index is 12.9. The van der Waals surface area contributed by atoms with Gasteiger partial charge < -0.3 is 24.3 Å². The number of hydrogen-bond acceptors (Lipinski definition) is 6. The lowest BCUT2D eigenvalue weighted by Gasteiger charge is -2.37. The molecule has 2 aliphatic heterocycles. The molecule has 1 aromatic carbocycles. The minimum absolute atomic E-state index is 0.0465. The van der Waals surface area contributed by atoms with Gasteiger partial charge in [0.1, 0.15) is 12.1 Å². The average molecular weight is 444 g/mol. The Balaban J connectivity index is 1.96. The van der Waals surface area contributed by atoms with Crippen LogP contribution in [0.15, 0.2) is 24.0 Å². The number of amides is 1. The summed E-state index contributed by atoms with van der Waals surface area (Å²) in [4.78, 5) is 25.3. The van der Waals surface area contributed by atoms with Crippen LogP contribution in [0, 0.1) is 0 Å². The molecule has 1 amide bonds. The van der Waals surface area contributed by atoms with Gasteiger partial charge in [0.05, 0.1) is 23.3 Å². The highest BCUT2D eigenvalue weighted by atomic mass is 35.5. The summed E-state index contributed by atoms with van der Waals surface area (Å²) >= 11 is 12.3. The molecule has 7 nitrogen and oxygen atoms in total. The molecule has 2 aliphatic rings. The van der Waals surface area contributed by atoms with Crippen molar-refractivity contribution in [3.05, 3.63) is 39.6 Å². The van der Waals surface area contributed by atoms with Gasteiger partial charge in [0, 0.05) is 36.6 Å². The smallest absolute Gasteiger partial charge is 0.432 e. The highest BCUT2D eigenvalue weighted by Gasteiger charge is 2.51. The van der Waals surface area contributed by atoms with Gasteiger partial charge in [0.25, 0.3) is 5.91 Å². The molecule has 0 aromatic heterocycles. The molecule has 0 saturated carbocycles. The van der Waals surface area contributed by atoms with Crippen LogP contribution < -0.4 is 5.32 Å². The van der Waals surface area contributed by atoms with Crippen LogP contribution in [0.2, 0.25) is 10.0 Å². The number of nitrogens with one attached hydrogen (secondary N) is 1. The van der Waals surface area contributed by atoms with E-state index in [1.807, 2.05) is 13.8 Å². The predicted molar refractivity (Wildman–Crippen MR) is 108 cm³/mol. The Hall–Kier alpha value is -1.80. The molecule has 2 heterocycles. The number of ether oxygens (including phenoxy) is 4. The summed E-state index contributed by atoms with van der Waals surface area (Å²) in [6, 6.07) is 4.79. The Labute approximate surface area is 179 Å². The molecule has 1 N–H and O–H groups in total. The third kappa shape index (κ3) is 4.86. The second kappa shape index (κ2) is 9.34. The van der Waals surface area contributed by atoms with Crippen LogP contribution in [0.3, 0.4) is 0 Å². The van der Waals surface area contributed by atoms with Gasteiger partial charge in [0.15, 0.2) is 5.76 Å². The molecule has 2 atom stereocenters. The fraction of sp³-hybridized carbons (Fsp3) is 0.500. The molecule has 158 valence electrons. The maximum Gasteiger partial charge on any atom is 0.513 e. The first kappa shape index (κ1) is 21.9. The van der Waals surface area contributed by atoms with Gasteiger partial charge >= 0.3 is 6.16 Å². The Morgan fingerprint density at radius 2 is 2.14 bits per heavy atom. The fourth-order valence-electron chi connectivity index (χ4n) is 3.61. The van der Waals surface area contributed by atoms with E-state index in [1.165, 1.54) is 6.07 Å². The third-order valence-electron chi connectivity index (χ3n) is 4.85. The second-order valence-corrected chi connectivity index (χ2v) is 7.74. The molecule has 29 heavy (non-hydrogen) atoms. The summed E-state index contributed by atoms with van der Waals surface area (Å²) in [6.07, 6.45) is -0.122. The van der Waals surface area contributed by atoms with Crippen LogP contribution in [0.1, 0.15) is 32.3 Å². The van der Waals surface area contributed by atoms with Crippen molar-refractivity contribution >= 4 is 40.8 Å². The van der Waals surface area contributed by atoms with Crippen LogP contribution >= 0.6 is 23.2 Å². The molecule has 0 aliphatic carbocycles. The van der Waals surface area contributed by atoms with Crippen molar-refractivity contribution < 1.29 is 28.5 Å². The summed E-state index contributed by atoms with van der Waals surface area (Å²) in [7, 11) is 0. The lowest BCUT2D eigenvalue weighted by atomic mass is 9.85. The van der Waals surface area contributed by atoms with E-state index in [1.54, 1.807) is 12.1 Å². The lowest BCUT2D eigenvalue weighted by molar-refractivity contribution is -0.117. The first-order valence-corrected chi connectivity index (χ1v) is 10.2. The van der Waals surface area contributed by atoms with Crippen LogP contribution in [-0.4, -0.2) is 50.1 Å². The number of carbonyl (C=O) groups excluding carboxylic acids is 2. The van der Waals surface area contributed by atoms with Gasteiger partial charge in [-0.05, 0) is 26.0 Å². The van der Waals surface area contributed by atoms with Crippen molar-refractivity contribution in [3.8, 4) is 0 Å². The van der Waals surface area contributed by atoms with E-state index < -0.39 is 11.7 Å². The van der Waals surface area contributed by atoms with Crippen molar-refractivity contribution in [2.45, 2.75) is 38.3 Å². The van der Waals surface area contributed by atoms with Crippen LogP contribution in [-0.2, 0) is 23.7 Å². The normalized spacial score (nSPS) is 24.0. The topological polar surface area (TPSA) is 83.1 Å². The quantitative estimate of drug-likeness (QED) is 0.528. The van der Waals surface area contributed by atoms with Gasteiger partial charge in [0.2, 0.25) is 0 Å². The molecule has 1 saturated heterocycles. The predicted octanol–water partition coefficient (Wildman–Crippen LogP) is 3.96. The highest BCUT2D eigenvalue weighted by molar-refractivity contribution is 6.38. The standard InChI is InChI=1S/C20H23Cl2NO6/c1-3-26-8-9-28-19(25)29-17-16(14-5-4-13(21)10-15(14)22)18(24)23-20(17)6-7-27-12(2)11-20/h4-5,10,12H,3,6-9,11H2,1-2H3,(H,23,24). The molecule has 0 radical (unpaired) electrons. The minimum atomic E-state index is -0.905. The molecule has 1 fully saturated rings. The van der Waals surface area contributed by atoms with E-state index in [4.69, 9.17) is 42.1 Å². The van der Waals surface area contributed by atoms with E-state index in [-0.39, 0.29) is 41.6 Å². The molecule has 1 spiro atoms. The molecule has 9 heteroatoms. The zero-order valence-corrected chi connectivity index (χ0v) is 17.8. The molecular weight excluding hydrogens is 421 g/mol. The lowest BCUT2D eigenvalue weighted by Crippen LogP contribution is -2.51. The van der Waals surface area contributed by atoms with Crippen LogP contribution in [0.4, 0.5) is 4.79 Å². The summed E-state index contributed by atoms with van der Waals surface area (Å²) in [6.45, 7) is 4.98. The average Bonchev–Trinajstić information content (AvgIpc) is 2.89. The van der Waals surface area contributed by atoms with Gasteiger partial charge in [-0.2, -0.15) is 0 Å². The Bertz CT molecular complexity index is 827. The second-order valence-electron chi connectivity index (χ2n) is 6.90. The molecule has 3 rings (SSSR count). The SMILES string of the molecule is CCOCCOC(=O)OC1=C(c2ccc(Cl)cc2Cl)C(=O)NC12CCOC(C)C2. The number of rotatable bonds is 6. The van der Waals surface area contributed by atoms with Crippen LogP contribution in [0.5, 0.6) is 0 Å². The van der Waals surface area contributed by atoms with Crippen molar-refractivity contribution in [2.24, 2.45) is 0 Å². The van der Waals surface area contributed by atoms with Gasteiger partial charge in [-0.3, -0.25) is 4.79 Å². The van der Waals surface area contributed by atoms with Crippen molar-refractivity contribution in [1.82, 2.24) is 5.32 Å². The van der Waals surface area contributed by atoms with Gasteiger partial charge in [-0.1, -0.05) is 29.3 Å². The summed E-state index contributed by atoms with van der Waals surface area (Å²) in [5.41, 5.74) is -0.240. The number of halogens is 2. The summed E-state index contributed by atoms with van der Waals surface area (Å²) < 4.78 is 21.5. The highest BCUT2D eigenvalue weighted by Crippen LogP contribution is 2.43. The van der Waals surface area contributed by atoms with Crippen LogP contribution in [0.25, 0.3) is 5.57 Å². The monoisotopic (exact) mass is 443 g/mol. The fourth-order valence-corrected chi connectivity index (χ4v) is 4.11. The Kier molecular flexibility index (Phi) is 7.05. The number of benzene rings is 1. The molecule has 1 aromatic rings. The molecule has 2 unspecified atom stereocenters. The van der Waals surface area contributed by atoms with Crippen molar-refractivity contribution in [2.75, 3.05) is 26.4 Å². The van der Waals surface area contributed by atoms with Crippen molar-refractivity contribution in [1.29, 1.82) is 0 Å². The molecular formula is C20H23Cl2NO6. The molecule has 0 bridgehead atoms. The third-order valence-corrected chi connectivity index (χ3v) is 5.39. The van der Waals surface area contributed by atoms with E-state index >= 15 is 0 Å². The number of hydrogen-bond donors (Lipinski definition) is 1. The first-order valence-electron chi connectivity index (χ1n) is 9.43. The zero-order chi connectivity index (χ0) is 21.0. The van der Waals surface area contributed by atoms with E-state index in [0.29, 0.717) is 36.6 Å².